The van der Waals surface area contributed by atoms with Crippen LogP contribution in [0.3, 0.4) is 0 Å². The van der Waals surface area contributed by atoms with Gasteiger partial charge in [0, 0.05) is 0 Å². The highest BCUT2D eigenvalue weighted by molar-refractivity contribution is 6.37. The van der Waals surface area contributed by atoms with Crippen LogP contribution in [0.1, 0.15) is 29.7 Å². The van der Waals surface area contributed by atoms with E-state index in [1.807, 2.05) is 43.3 Å². The average Bonchev–Trinajstić information content (AvgIpc) is 2.78. The zero-order chi connectivity index (χ0) is 23.1. The summed E-state index contributed by atoms with van der Waals surface area (Å²) < 4.78 is 18.7. The van der Waals surface area contributed by atoms with Gasteiger partial charge >= 0.3 is 0 Å². The maximum Gasteiger partial charge on any atom is 0.262 e. The fourth-order valence-electron chi connectivity index (χ4n) is 2.95. The number of benzene rings is 3. The Balaban J connectivity index is 1.74. The SMILES string of the molecule is C[C@@H](NC(=O)/C(C#N)=C\c1cc(Cl)c(OCc2ccc(F)cc2)c(Cl)c1)c1ccccc1. The van der Waals surface area contributed by atoms with E-state index in [4.69, 9.17) is 27.9 Å². The molecule has 0 aliphatic rings. The molecule has 0 fully saturated rings. The third-order valence-corrected chi connectivity index (χ3v) is 5.20. The molecule has 4 nitrogen and oxygen atoms in total. The van der Waals surface area contributed by atoms with E-state index in [1.165, 1.54) is 18.2 Å². The smallest absolute Gasteiger partial charge is 0.262 e. The number of amides is 1. The Morgan fingerprint density at radius 1 is 1.12 bits per heavy atom. The van der Waals surface area contributed by atoms with Crippen LogP contribution < -0.4 is 10.1 Å². The highest BCUT2D eigenvalue weighted by Gasteiger charge is 2.15. The van der Waals surface area contributed by atoms with Crippen LogP contribution in [0.4, 0.5) is 4.39 Å². The summed E-state index contributed by atoms with van der Waals surface area (Å²) in [7, 11) is 0. The second-order valence-electron chi connectivity index (χ2n) is 7.00. The summed E-state index contributed by atoms with van der Waals surface area (Å²) in [5, 5.41) is 12.7. The Morgan fingerprint density at radius 2 is 1.75 bits per heavy atom. The molecule has 162 valence electrons. The average molecular weight is 469 g/mol. The van der Waals surface area contributed by atoms with Gasteiger partial charge in [-0.05, 0) is 54.0 Å². The summed E-state index contributed by atoms with van der Waals surface area (Å²) in [5.74, 6) is -0.584. The largest absolute Gasteiger partial charge is 0.486 e. The molecule has 1 N–H and O–H groups in total. The summed E-state index contributed by atoms with van der Waals surface area (Å²) in [6.07, 6.45) is 1.41. The lowest BCUT2D eigenvalue weighted by atomic mass is 10.1. The molecule has 0 spiro atoms. The van der Waals surface area contributed by atoms with Gasteiger partial charge in [-0.1, -0.05) is 65.7 Å². The van der Waals surface area contributed by atoms with Crippen LogP contribution in [-0.4, -0.2) is 5.91 Å². The number of nitrogens with zero attached hydrogens (tertiary/aromatic N) is 1. The normalized spacial score (nSPS) is 12.0. The fraction of sp³-hybridized carbons (Fsp3) is 0.120. The van der Waals surface area contributed by atoms with Gasteiger partial charge < -0.3 is 10.1 Å². The number of nitrogens with one attached hydrogen (secondary N) is 1. The number of carbonyl (C=O) groups is 1. The van der Waals surface area contributed by atoms with E-state index in [9.17, 15) is 14.4 Å². The summed E-state index contributed by atoms with van der Waals surface area (Å²) in [4.78, 5) is 12.6. The van der Waals surface area contributed by atoms with Crippen LogP contribution in [0.2, 0.25) is 10.0 Å². The van der Waals surface area contributed by atoms with Crippen LogP contribution in [0.5, 0.6) is 5.75 Å². The van der Waals surface area contributed by atoms with Gasteiger partial charge in [0.1, 0.15) is 24.1 Å². The quantitative estimate of drug-likeness (QED) is 0.318. The highest BCUT2D eigenvalue weighted by atomic mass is 35.5. The van der Waals surface area contributed by atoms with Gasteiger partial charge in [-0.2, -0.15) is 5.26 Å². The van der Waals surface area contributed by atoms with Crippen LogP contribution >= 0.6 is 23.2 Å². The third-order valence-electron chi connectivity index (χ3n) is 4.64. The Morgan fingerprint density at radius 3 is 2.34 bits per heavy atom. The maximum absolute atomic E-state index is 13.0. The summed E-state index contributed by atoms with van der Waals surface area (Å²) in [5.41, 5.74) is 2.07. The minimum Gasteiger partial charge on any atom is -0.486 e. The van der Waals surface area contributed by atoms with Crippen molar-refractivity contribution >= 4 is 35.2 Å². The van der Waals surface area contributed by atoms with Gasteiger partial charge in [0.25, 0.3) is 5.91 Å². The van der Waals surface area contributed by atoms with E-state index in [1.54, 1.807) is 24.3 Å². The molecule has 1 amide bonds. The topological polar surface area (TPSA) is 62.1 Å². The first-order valence-corrected chi connectivity index (χ1v) is 10.5. The van der Waals surface area contributed by atoms with Crippen molar-refractivity contribution in [2.45, 2.75) is 19.6 Å². The van der Waals surface area contributed by atoms with E-state index in [2.05, 4.69) is 5.32 Å². The van der Waals surface area contributed by atoms with Crippen molar-refractivity contribution in [3.63, 3.8) is 0 Å². The number of halogens is 3. The fourth-order valence-corrected chi connectivity index (χ4v) is 3.56. The van der Waals surface area contributed by atoms with E-state index in [0.717, 1.165) is 11.1 Å². The van der Waals surface area contributed by atoms with Gasteiger partial charge in [0.15, 0.2) is 5.75 Å². The first kappa shape index (κ1) is 23.3. The molecule has 0 bridgehead atoms. The first-order valence-electron chi connectivity index (χ1n) is 9.71. The van der Waals surface area contributed by atoms with Crippen LogP contribution in [-0.2, 0) is 11.4 Å². The molecule has 7 heteroatoms. The van der Waals surface area contributed by atoms with Crippen molar-refractivity contribution in [2.24, 2.45) is 0 Å². The van der Waals surface area contributed by atoms with E-state index in [0.29, 0.717) is 5.56 Å². The second-order valence-corrected chi connectivity index (χ2v) is 7.82. The predicted molar refractivity (Wildman–Crippen MR) is 124 cm³/mol. The van der Waals surface area contributed by atoms with E-state index >= 15 is 0 Å². The summed E-state index contributed by atoms with van der Waals surface area (Å²) in [6, 6.07) is 20.1. The molecule has 3 rings (SSSR count). The van der Waals surface area contributed by atoms with Crippen molar-refractivity contribution in [1.29, 1.82) is 5.26 Å². The molecule has 0 aliphatic heterocycles. The van der Waals surface area contributed by atoms with Gasteiger partial charge in [0.2, 0.25) is 0 Å². The molecule has 3 aromatic rings. The Kier molecular flexibility index (Phi) is 7.88. The van der Waals surface area contributed by atoms with Gasteiger partial charge in [-0.25, -0.2) is 4.39 Å². The highest BCUT2D eigenvalue weighted by Crippen LogP contribution is 2.35. The Bertz CT molecular complexity index is 1150. The molecule has 0 saturated heterocycles. The predicted octanol–water partition coefficient (Wildman–Crippen LogP) is 6.50. The van der Waals surface area contributed by atoms with Crippen molar-refractivity contribution in [1.82, 2.24) is 5.32 Å². The van der Waals surface area contributed by atoms with Gasteiger partial charge in [-0.15, -0.1) is 0 Å². The van der Waals surface area contributed by atoms with Crippen LogP contribution in [0.15, 0.2) is 72.3 Å². The standard InChI is InChI=1S/C25H19Cl2FN2O2/c1-16(19-5-3-2-4-6-19)30-25(31)20(14-29)11-18-12-22(26)24(23(27)13-18)32-15-17-7-9-21(28)10-8-17/h2-13,16H,15H2,1H3,(H,30,31)/b20-11-/t16-/m1/s1. The summed E-state index contributed by atoms with van der Waals surface area (Å²) in [6.45, 7) is 1.99. The third kappa shape index (κ3) is 6.10. The minimum absolute atomic E-state index is 0.0834. The van der Waals surface area contributed by atoms with Crippen LogP contribution in [0, 0.1) is 17.1 Å². The number of rotatable bonds is 7. The zero-order valence-electron chi connectivity index (χ0n) is 17.1. The van der Waals surface area contributed by atoms with Crippen molar-refractivity contribution in [3.05, 3.63) is 105 Å². The number of ether oxygens (including phenoxy) is 1. The van der Waals surface area contributed by atoms with E-state index in [-0.39, 0.29) is 39.8 Å². The Labute approximate surface area is 195 Å². The molecule has 32 heavy (non-hydrogen) atoms. The van der Waals surface area contributed by atoms with Crippen molar-refractivity contribution < 1.29 is 13.9 Å². The van der Waals surface area contributed by atoms with Gasteiger partial charge in [0.05, 0.1) is 16.1 Å². The maximum atomic E-state index is 13.0. The monoisotopic (exact) mass is 468 g/mol. The zero-order valence-corrected chi connectivity index (χ0v) is 18.6. The molecule has 0 heterocycles. The molecular formula is C25H19Cl2FN2O2. The molecule has 0 aromatic heterocycles. The van der Waals surface area contributed by atoms with Gasteiger partial charge in [-0.3, -0.25) is 4.79 Å². The molecule has 3 aromatic carbocycles. The van der Waals surface area contributed by atoms with E-state index < -0.39 is 5.91 Å². The molecule has 1 atom stereocenters. The molecule has 0 saturated carbocycles. The Hall–Kier alpha value is -3.33. The molecule has 0 aliphatic carbocycles. The number of hydrogen-bond donors (Lipinski definition) is 1. The molecule has 0 unspecified atom stereocenters. The minimum atomic E-state index is -0.507. The number of nitriles is 1. The second kappa shape index (κ2) is 10.8. The lowest BCUT2D eigenvalue weighted by molar-refractivity contribution is -0.117. The first-order chi connectivity index (χ1) is 15.4. The molecule has 0 radical (unpaired) electrons. The number of carbonyl (C=O) groups excluding carboxylic acids is 1. The lowest BCUT2D eigenvalue weighted by Crippen LogP contribution is -2.27. The van der Waals surface area contributed by atoms with Crippen molar-refractivity contribution in [2.75, 3.05) is 0 Å². The van der Waals surface area contributed by atoms with Crippen LogP contribution in [0.25, 0.3) is 6.08 Å². The van der Waals surface area contributed by atoms with Crippen molar-refractivity contribution in [3.8, 4) is 11.8 Å². The number of hydrogen-bond acceptors (Lipinski definition) is 3. The summed E-state index contributed by atoms with van der Waals surface area (Å²) >= 11 is 12.6. The lowest BCUT2D eigenvalue weighted by Gasteiger charge is -2.14. The molecular weight excluding hydrogens is 450 g/mol.